The number of carbonyl (C=O) groups is 1. The molecule has 3 nitrogen and oxygen atoms in total. The van der Waals surface area contributed by atoms with Crippen LogP contribution in [0, 0.1) is 12.8 Å². The molecule has 1 heterocycles. The molecule has 0 spiro atoms. The van der Waals surface area contributed by atoms with Gasteiger partial charge in [-0.3, -0.25) is 4.79 Å². The molecule has 1 atom stereocenters. The lowest BCUT2D eigenvalue weighted by atomic mass is 10.1. The molecule has 1 unspecified atom stereocenters. The number of benzene rings is 1. The second kappa shape index (κ2) is 5.72. The van der Waals surface area contributed by atoms with E-state index >= 15 is 0 Å². The fourth-order valence-electron chi connectivity index (χ4n) is 2.31. The Morgan fingerprint density at radius 3 is 2.94 bits per heavy atom. The summed E-state index contributed by atoms with van der Waals surface area (Å²) in [6.07, 6.45) is 0.550. The lowest BCUT2D eigenvalue weighted by Crippen LogP contribution is -2.42. The lowest BCUT2D eigenvalue weighted by Gasteiger charge is -2.30. The molecule has 0 saturated carbocycles. The van der Waals surface area contributed by atoms with Crippen molar-refractivity contribution in [2.75, 3.05) is 24.5 Å². The van der Waals surface area contributed by atoms with Crippen molar-refractivity contribution >= 4 is 23.2 Å². The molecule has 1 amide bonds. The Balaban J connectivity index is 2.29. The van der Waals surface area contributed by atoms with Crippen LogP contribution < -0.4 is 10.2 Å². The molecule has 1 fully saturated rings. The number of hydrogen-bond donors (Lipinski definition) is 1. The maximum Gasteiger partial charge on any atom is 0.228 e. The summed E-state index contributed by atoms with van der Waals surface area (Å²) >= 11 is 5.97. The Morgan fingerprint density at radius 2 is 2.22 bits per heavy atom. The van der Waals surface area contributed by atoms with Crippen LogP contribution in [0.2, 0.25) is 5.02 Å². The average molecular weight is 267 g/mol. The van der Waals surface area contributed by atoms with Crippen LogP contribution in [-0.4, -0.2) is 25.5 Å². The molecule has 1 saturated heterocycles. The van der Waals surface area contributed by atoms with E-state index < -0.39 is 0 Å². The molecule has 2 rings (SSSR count). The van der Waals surface area contributed by atoms with Crippen LogP contribution in [0.25, 0.3) is 0 Å². The normalized spacial score (nSPS) is 21.6. The predicted molar refractivity (Wildman–Crippen MR) is 75.2 cm³/mol. The highest BCUT2D eigenvalue weighted by Crippen LogP contribution is 2.25. The van der Waals surface area contributed by atoms with Crippen LogP contribution in [0.5, 0.6) is 0 Å². The van der Waals surface area contributed by atoms with Gasteiger partial charge in [0.25, 0.3) is 0 Å². The molecule has 1 aliphatic rings. The van der Waals surface area contributed by atoms with Crippen LogP contribution in [0.1, 0.15) is 18.9 Å². The van der Waals surface area contributed by atoms with E-state index in [4.69, 9.17) is 11.6 Å². The van der Waals surface area contributed by atoms with Gasteiger partial charge in [0.2, 0.25) is 5.91 Å². The van der Waals surface area contributed by atoms with Gasteiger partial charge in [-0.25, -0.2) is 0 Å². The maximum atomic E-state index is 12.2. The molecule has 4 heteroatoms. The number of anilines is 1. The third-order valence-electron chi connectivity index (χ3n) is 3.25. The van der Waals surface area contributed by atoms with Crippen LogP contribution in [0.15, 0.2) is 18.2 Å². The Hall–Kier alpha value is -1.06. The van der Waals surface area contributed by atoms with Gasteiger partial charge in [-0.2, -0.15) is 0 Å². The van der Waals surface area contributed by atoms with E-state index in [1.807, 2.05) is 30.0 Å². The zero-order valence-electron chi connectivity index (χ0n) is 10.9. The second-order valence-corrected chi connectivity index (χ2v) is 5.43. The molecule has 18 heavy (non-hydrogen) atoms. The second-order valence-electron chi connectivity index (χ2n) is 4.99. The van der Waals surface area contributed by atoms with E-state index in [9.17, 15) is 4.79 Å². The number of nitrogens with one attached hydrogen (secondary N) is 1. The topological polar surface area (TPSA) is 32.3 Å². The standard InChI is InChI=1S/C14H19ClN2O/c1-10-8-16-6-5-14(18)17(9-10)13-4-3-12(15)7-11(13)2/h3-4,7,10,16H,5-6,8-9H2,1-2H3. The first-order chi connectivity index (χ1) is 8.58. The SMILES string of the molecule is Cc1cc(Cl)ccc1N1CC(C)CNCCC1=O. The van der Waals surface area contributed by atoms with Crippen molar-refractivity contribution in [2.45, 2.75) is 20.3 Å². The average Bonchev–Trinajstić information content (AvgIpc) is 2.30. The van der Waals surface area contributed by atoms with Gasteiger partial charge < -0.3 is 10.2 Å². The highest BCUT2D eigenvalue weighted by atomic mass is 35.5. The molecule has 0 aliphatic carbocycles. The third kappa shape index (κ3) is 3.03. The molecular weight excluding hydrogens is 248 g/mol. The summed E-state index contributed by atoms with van der Waals surface area (Å²) in [5, 5.41) is 4.01. The van der Waals surface area contributed by atoms with Gasteiger partial charge >= 0.3 is 0 Å². The highest BCUT2D eigenvalue weighted by molar-refractivity contribution is 6.30. The van der Waals surface area contributed by atoms with E-state index in [1.165, 1.54) is 0 Å². The van der Waals surface area contributed by atoms with Gasteiger partial charge in [0.15, 0.2) is 0 Å². The first-order valence-electron chi connectivity index (χ1n) is 6.35. The summed E-state index contributed by atoms with van der Waals surface area (Å²) in [5.41, 5.74) is 2.04. The summed E-state index contributed by atoms with van der Waals surface area (Å²) in [5.74, 6) is 0.629. The molecule has 1 aromatic carbocycles. The smallest absolute Gasteiger partial charge is 0.228 e. The monoisotopic (exact) mass is 266 g/mol. The van der Waals surface area contributed by atoms with Gasteiger partial charge in [0.05, 0.1) is 0 Å². The molecule has 98 valence electrons. The van der Waals surface area contributed by atoms with Gasteiger partial charge in [-0.15, -0.1) is 0 Å². The third-order valence-corrected chi connectivity index (χ3v) is 3.49. The number of halogens is 1. The van der Waals surface area contributed by atoms with Crippen LogP contribution >= 0.6 is 11.6 Å². The molecule has 1 N–H and O–H groups in total. The first-order valence-corrected chi connectivity index (χ1v) is 6.73. The van der Waals surface area contributed by atoms with E-state index in [2.05, 4.69) is 12.2 Å². The quantitative estimate of drug-likeness (QED) is 0.848. The molecule has 0 bridgehead atoms. The van der Waals surface area contributed by atoms with Crippen molar-refractivity contribution in [3.8, 4) is 0 Å². The Kier molecular flexibility index (Phi) is 4.25. The van der Waals surface area contributed by atoms with Crippen LogP contribution in [0.3, 0.4) is 0 Å². The van der Waals surface area contributed by atoms with E-state index in [0.29, 0.717) is 17.4 Å². The fraction of sp³-hybridized carbons (Fsp3) is 0.500. The first kappa shape index (κ1) is 13.4. The van der Waals surface area contributed by atoms with Crippen LogP contribution in [-0.2, 0) is 4.79 Å². The van der Waals surface area contributed by atoms with Crippen molar-refractivity contribution in [3.05, 3.63) is 28.8 Å². The van der Waals surface area contributed by atoms with Crippen molar-refractivity contribution in [1.29, 1.82) is 0 Å². The lowest BCUT2D eigenvalue weighted by molar-refractivity contribution is -0.118. The molecule has 1 aliphatic heterocycles. The minimum atomic E-state index is 0.180. The number of carbonyl (C=O) groups excluding carboxylic acids is 1. The van der Waals surface area contributed by atoms with Gasteiger partial charge in [0.1, 0.15) is 0 Å². The predicted octanol–water partition coefficient (Wildman–Crippen LogP) is 2.61. The minimum absolute atomic E-state index is 0.180. The van der Waals surface area contributed by atoms with E-state index in [0.717, 1.165) is 30.9 Å². The number of rotatable bonds is 1. The zero-order valence-corrected chi connectivity index (χ0v) is 11.6. The molecular formula is C14H19ClN2O. The van der Waals surface area contributed by atoms with Crippen molar-refractivity contribution in [3.63, 3.8) is 0 Å². The van der Waals surface area contributed by atoms with Crippen molar-refractivity contribution in [2.24, 2.45) is 5.92 Å². The Morgan fingerprint density at radius 1 is 1.44 bits per heavy atom. The highest BCUT2D eigenvalue weighted by Gasteiger charge is 2.21. The van der Waals surface area contributed by atoms with Gasteiger partial charge in [-0.05, 0) is 43.1 Å². The largest absolute Gasteiger partial charge is 0.316 e. The number of nitrogens with zero attached hydrogens (tertiary/aromatic N) is 1. The number of aryl methyl sites for hydroxylation is 1. The minimum Gasteiger partial charge on any atom is -0.316 e. The number of amides is 1. The van der Waals surface area contributed by atoms with Gasteiger partial charge in [-0.1, -0.05) is 18.5 Å². The molecule has 1 aromatic rings. The number of hydrogen-bond acceptors (Lipinski definition) is 2. The molecule has 0 radical (unpaired) electrons. The molecule has 0 aromatic heterocycles. The van der Waals surface area contributed by atoms with E-state index in [-0.39, 0.29) is 5.91 Å². The van der Waals surface area contributed by atoms with Crippen LogP contribution in [0.4, 0.5) is 5.69 Å². The van der Waals surface area contributed by atoms with Crippen molar-refractivity contribution in [1.82, 2.24) is 5.32 Å². The van der Waals surface area contributed by atoms with E-state index in [1.54, 1.807) is 0 Å². The Bertz CT molecular complexity index is 447. The van der Waals surface area contributed by atoms with Gasteiger partial charge in [0, 0.05) is 30.2 Å². The van der Waals surface area contributed by atoms with Crippen molar-refractivity contribution < 1.29 is 4.79 Å². The Labute approximate surface area is 113 Å². The summed E-state index contributed by atoms with van der Waals surface area (Å²) < 4.78 is 0. The summed E-state index contributed by atoms with van der Waals surface area (Å²) in [6, 6.07) is 5.70. The summed E-state index contributed by atoms with van der Waals surface area (Å²) in [4.78, 5) is 14.1. The fourth-order valence-corrected chi connectivity index (χ4v) is 2.54. The zero-order chi connectivity index (χ0) is 13.1. The summed E-state index contributed by atoms with van der Waals surface area (Å²) in [6.45, 7) is 6.62. The summed E-state index contributed by atoms with van der Waals surface area (Å²) in [7, 11) is 0. The maximum absolute atomic E-state index is 12.2.